The quantitative estimate of drug-likeness (QED) is 0.866. The van der Waals surface area contributed by atoms with Crippen molar-refractivity contribution in [3.63, 3.8) is 0 Å². The monoisotopic (exact) mass is 313 g/mol. The van der Waals surface area contributed by atoms with E-state index in [1.165, 1.54) is 6.07 Å². The van der Waals surface area contributed by atoms with Gasteiger partial charge in [-0.25, -0.2) is 0 Å². The lowest BCUT2D eigenvalue weighted by molar-refractivity contribution is -0.0586. The predicted octanol–water partition coefficient (Wildman–Crippen LogP) is 2.40. The molecule has 4 nitrogen and oxygen atoms in total. The van der Waals surface area contributed by atoms with Crippen molar-refractivity contribution in [2.45, 2.75) is 26.1 Å². The largest absolute Gasteiger partial charge is 0.507 e. The average molecular weight is 314 g/mol. The van der Waals surface area contributed by atoms with E-state index in [0.717, 1.165) is 0 Å². The fourth-order valence-electron chi connectivity index (χ4n) is 2.17. The molecular weight excluding hydrogens is 298 g/mol. The first-order chi connectivity index (χ1) is 8.47. The first-order valence-corrected chi connectivity index (χ1v) is 6.70. The number of phenolic OH excluding ortho intramolecular Hbond substituents is 1. The summed E-state index contributed by atoms with van der Waals surface area (Å²) in [5, 5.41) is 9.61. The molecule has 0 saturated carbocycles. The number of hydrogen-bond acceptors (Lipinski definition) is 3. The van der Waals surface area contributed by atoms with Gasteiger partial charge in [-0.15, -0.1) is 0 Å². The number of rotatable bonds is 1. The second kappa shape index (κ2) is 5.28. The number of benzene rings is 1. The van der Waals surface area contributed by atoms with Crippen LogP contribution in [-0.4, -0.2) is 41.2 Å². The van der Waals surface area contributed by atoms with Gasteiger partial charge in [0.1, 0.15) is 5.75 Å². The van der Waals surface area contributed by atoms with Gasteiger partial charge < -0.3 is 14.7 Å². The average Bonchev–Trinajstić information content (AvgIpc) is 2.30. The molecule has 18 heavy (non-hydrogen) atoms. The molecule has 0 unspecified atom stereocenters. The molecule has 98 valence electrons. The van der Waals surface area contributed by atoms with Crippen LogP contribution in [0.1, 0.15) is 24.2 Å². The zero-order valence-corrected chi connectivity index (χ0v) is 12.0. The van der Waals surface area contributed by atoms with Crippen molar-refractivity contribution in [3.8, 4) is 5.75 Å². The summed E-state index contributed by atoms with van der Waals surface area (Å²) in [7, 11) is 0. The first kappa shape index (κ1) is 13.4. The van der Waals surface area contributed by atoms with Crippen LogP contribution in [0.2, 0.25) is 0 Å². The Kier molecular flexibility index (Phi) is 3.92. The summed E-state index contributed by atoms with van der Waals surface area (Å²) < 4.78 is 6.18. The summed E-state index contributed by atoms with van der Waals surface area (Å²) in [6.07, 6.45) is 0.0866. The molecule has 0 radical (unpaired) electrons. The third kappa shape index (κ3) is 2.84. The minimum absolute atomic E-state index is 0.0433. The Balaban J connectivity index is 2.17. The molecule has 1 saturated heterocycles. The number of amides is 1. The number of phenols is 1. The maximum Gasteiger partial charge on any atom is 0.254 e. The van der Waals surface area contributed by atoms with Crippen LogP contribution in [0.5, 0.6) is 5.75 Å². The molecule has 1 aliphatic heterocycles. The Labute approximate surface area is 115 Å². The number of hydrogen-bond donors (Lipinski definition) is 1. The van der Waals surface area contributed by atoms with Gasteiger partial charge in [0.25, 0.3) is 5.91 Å². The highest BCUT2D eigenvalue weighted by Gasteiger charge is 2.26. The molecule has 2 rings (SSSR count). The van der Waals surface area contributed by atoms with E-state index in [9.17, 15) is 9.90 Å². The molecular formula is C13H16BrNO3. The first-order valence-electron chi connectivity index (χ1n) is 5.90. The Morgan fingerprint density at radius 2 is 2.00 bits per heavy atom. The van der Waals surface area contributed by atoms with E-state index in [1.54, 1.807) is 17.0 Å². The lowest BCUT2D eigenvalue weighted by Crippen LogP contribution is -2.48. The van der Waals surface area contributed by atoms with Crippen molar-refractivity contribution in [2.75, 3.05) is 13.1 Å². The Morgan fingerprint density at radius 1 is 1.39 bits per heavy atom. The second-order valence-corrected chi connectivity index (χ2v) is 5.49. The topological polar surface area (TPSA) is 49.8 Å². The lowest BCUT2D eigenvalue weighted by Gasteiger charge is -2.35. The molecule has 0 spiro atoms. The molecule has 0 aliphatic carbocycles. The van der Waals surface area contributed by atoms with Crippen LogP contribution < -0.4 is 0 Å². The molecule has 2 atom stereocenters. The SMILES string of the molecule is C[C@@H]1CN(C(=O)c2ccc(Br)c(O)c2)C[C@H](C)O1. The predicted molar refractivity (Wildman–Crippen MR) is 71.7 cm³/mol. The zero-order chi connectivity index (χ0) is 13.3. The number of carbonyl (C=O) groups excluding carboxylic acids is 1. The zero-order valence-electron chi connectivity index (χ0n) is 10.4. The second-order valence-electron chi connectivity index (χ2n) is 4.63. The summed E-state index contributed by atoms with van der Waals surface area (Å²) in [4.78, 5) is 14.1. The number of halogens is 1. The van der Waals surface area contributed by atoms with E-state index in [2.05, 4.69) is 15.9 Å². The van der Waals surface area contributed by atoms with Gasteiger partial charge in [0, 0.05) is 18.7 Å². The van der Waals surface area contributed by atoms with E-state index in [4.69, 9.17) is 4.74 Å². The summed E-state index contributed by atoms with van der Waals surface area (Å²) in [6, 6.07) is 4.87. The molecule has 0 aromatic heterocycles. The van der Waals surface area contributed by atoms with Crippen LogP contribution in [0, 0.1) is 0 Å². The molecule has 1 aromatic carbocycles. The Bertz CT molecular complexity index is 454. The van der Waals surface area contributed by atoms with Gasteiger partial charge in [-0.2, -0.15) is 0 Å². The third-order valence-electron chi connectivity index (χ3n) is 2.90. The molecule has 1 heterocycles. The molecule has 1 aromatic rings. The van der Waals surface area contributed by atoms with E-state index in [-0.39, 0.29) is 23.9 Å². The van der Waals surface area contributed by atoms with Crippen molar-refractivity contribution in [1.82, 2.24) is 4.90 Å². The van der Waals surface area contributed by atoms with E-state index < -0.39 is 0 Å². The van der Waals surface area contributed by atoms with Crippen LogP contribution >= 0.6 is 15.9 Å². The number of aromatic hydroxyl groups is 1. The number of nitrogens with zero attached hydrogens (tertiary/aromatic N) is 1. The smallest absolute Gasteiger partial charge is 0.254 e. The van der Waals surface area contributed by atoms with Crippen molar-refractivity contribution >= 4 is 21.8 Å². The maximum atomic E-state index is 12.3. The van der Waals surface area contributed by atoms with Crippen molar-refractivity contribution in [2.24, 2.45) is 0 Å². The van der Waals surface area contributed by atoms with Crippen LogP contribution in [-0.2, 0) is 4.74 Å². The molecule has 5 heteroatoms. The van der Waals surface area contributed by atoms with Gasteiger partial charge in [0.15, 0.2) is 0 Å². The summed E-state index contributed by atoms with van der Waals surface area (Å²) in [5.74, 6) is 0.00927. The van der Waals surface area contributed by atoms with Gasteiger partial charge in [0.2, 0.25) is 0 Å². The lowest BCUT2D eigenvalue weighted by atomic mass is 10.1. The molecule has 0 bridgehead atoms. The normalized spacial score (nSPS) is 24.1. The van der Waals surface area contributed by atoms with Gasteiger partial charge in [0.05, 0.1) is 16.7 Å². The summed E-state index contributed by atoms with van der Waals surface area (Å²) in [5.41, 5.74) is 0.497. The van der Waals surface area contributed by atoms with E-state index >= 15 is 0 Å². The van der Waals surface area contributed by atoms with E-state index in [0.29, 0.717) is 23.1 Å². The summed E-state index contributed by atoms with van der Waals surface area (Å²) in [6.45, 7) is 5.07. The molecule has 1 fully saturated rings. The van der Waals surface area contributed by atoms with Crippen LogP contribution in [0.25, 0.3) is 0 Å². The van der Waals surface area contributed by atoms with Crippen LogP contribution in [0.15, 0.2) is 22.7 Å². The van der Waals surface area contributed by atoms with Gasteiger partial charge in [-0.1, -0.05) is 0 Å². The van der Waals surface area contributed by atoms with Crippen LogP contribution in [0.4, 0.5) is 0 Å². The van der Waals surface area contributed by atoms with Crippen molar-refractivity contribution < 1.29 is 14.6 Å². The maximum absolute atomic E-state index is 12.3. The van der Waals surface area contributed by atoms with Crippen LogP contribution in [0.3, 0.4) is 0 Å². The highest BCUT2D eigenvalue weighted by molar-refractivity contribution is 9.10. The fourth-order valence-corrected chi connectivity index (χ4v) is 2.42. The van der Waals surface area contributed by atoms with Gasteiger partial charge in [-0.05, 0) is 48.0 Å². The number of carbonyl (C=O) groups is 1. The Morgan fingerprint density at radius 3 is 2.56 bits per heavy atom. The molecule has 1 aliphatic rings. The van der Waals surface area contributed by atoms with E-state index in [1.807, 2.05) is 13.8 Å². The van der Waals surface area contributed by atoms with Crippen molar-refractivity contribution in [1.29, 1.82) is 0 Å². The minimum Gasteiger partial charge on any atom is -0.507 e. The number of morpholine rings is 1. The van der Waals surface area contributed by atoms with Gasteiger partial charge in [-0.3, -0.25) is 4.79 Å². The fraction of sp³-hybridized carbons (Fsp3) is 0.462. The number of ether oxygens (including phenoxy) is 1. The third-order valence-corrected chi connectivity index (χ3v) is 3.57. The standard InChI is InChI=1S/C13H16BrNO3/c1-8-6-15(7-9(2)18-8)13(17)10-3-4-11(14)12(16)5-10/h3-5,8-9,16H,6-7H2,1-2H3/t8-,9+. The minimum atomic E-state index is -0.0696. The van der Waals surface area contributed by atoms with Crippen molar-refractivity contribution in [3.05, 3.63) is 28.2 Å². The summed E-state index contributed by atoms with van der Waals surface area (Å²) >= 11 is 3.20. The highest BCUT2D eigenvalue weighted by Crippen LogP contribution is 2.25. The molecule has 1 amide bonds. The molecule has 1 N–H and O–H groups in total. The highest BCUT2D eigenvalue weighted by atomic mass is 79.9. The van der Waals surface area contributed by atoms with Gasteiger partial charge >= 0.3 is 0 Å². The Hall–Kier alpha value is -1.07.